The lowest BCUT2D eigenvalue weighted by molar-refractivity contribution is 0.0952. The van der Waals surface area contributed by atoms with Gasteiger partial charge in [0.2, 0.25) is 0 Å². The Morgan fingerprint density at radius 1 is 0.917 bits per heavy atom. The van der Waals surface area contributed by atoms with Crippen LogP contribution in [0.1, 0.15) is 32.7 Å². The van der Waals surface area contributed by atoms with Crippen LogP contribution in [0.5, 0.6) is 0 Å². The molecule has 0 spiro atoms. The van der Waals surface area contributed by atoms with Gasteiger partial charge in [0.25, 0.3) is 5.91 Å². The molecule has 5 aromatic rings. The molecule has 0 aliphatic rings. The average molecular weight is 493 g/mol. The third-order valence-corrected chi connectivity index (χ3v) is 7.13. The summed E-state index contributed by atoms with van der Waals surface area (Å²) in [6.45, 7) is 6.58. The second kappa shape index (κ2) is 9.99. The molecule has 6 heteroatoms. The van der Waals surface area contributed by atoms with Gasteiger partial charge in [0.15, 0.2) is 0 Å². The van der Waals surface area contributed by atoms with Crippen LogP contribution in [0, 0.1) is 20.8 Å². The largest absolute Gasteiger partial charge is 0.348 e. The Labute approximate surface area is 215 Å². The maximum absolute atomic E-state index is 13.4. The molecule has 2 aromatic heterocycles. The molecule has 0 saturated heterocycles. The molecular formula is C30H28N4OS. The van der Waals surface area contributed by atoms with Crippen molar-refractivity contribution in [2.45, 2.75) is 32.2 Å². The minimum Gasteiger partial charge on any atom is -0.348 e. The van der Waals surface area contributed by atoms with E-state index in [1.54, 1.807) is 11.8 Å². The number of amides is 1. The quantitative estimate of drug-likeness (QED) is 0.269. The van der Waals surface area contributed by atoms with Gasteiger partial charge in [-0.15, -0.1) is 11.8 Å². The van der Waals surface area contributed by atoms with Crippen LogP contribution in [0.25, 0.3) is 27.8 Å². The molecular weight excluding hydrogens is 464 g/mol. The number of rotatable bonds is 6. The molecule has 5 rings (SSSR count). The van der Waals surface area contributed by atoms with Crippen molar-refractivity contribution >= 4 is 28.6 Å². The maximum atomic E-state index is 13.4. The molecule has 2 heterocycles. The molecule has 1 amide bonds. The number of nitrogens with one attached hydrogen (secondary N) is 1. The van der Waals surface area contributed by atoms with E-state index in [4.69, 9.17) is 4.98 Å². The molecule has 0 aliphatic carbocycles. The highest BCUT2D eigenvalue weighted by atomic mass is 32.2. The molecule has 1 N–H and O–H groups in total. The fraction of sp³-hybridized carbons (Fsp3) is 0.167. The molecule has 0 aliphatic heterocycles. The van der Waals surface area contributed by atoms with E-state index in [1.165, 1.54) is 10.5 Å². The molecule has 0 unspecified atom stereocenters. The van der Waals surface area contributed by atoms with Crippen LogP contribution < -0.4 is 5.32 Å². The van der Waals surface area contributed by atoms with Gasteiger partial charge in [-0.1, -0.05) is 41.5 Å². The standard InChI is InChI=1S/C30H28N4OS/c1-19-5-10-23(11-6-19)34-21(3)27(18-32-34)29-16-26(25-15-20(2)7-14-28(25)33-29)30(35)31-17-22-8-12-24(36-4)13-9-22/h5-16,18H,17H2,1-4H3,(H,31,35). The molecule has 0 atom stereocenters. The van der Waals surface area contributed by atoms with Gasteiger partial charge in [-0.25, -0.2) is 9.67 Å². The zero-order valence-electron chi connectivity index (χ0n) is 20.9. The van der Waals surface area contributed by atoms with Crippen LogP contribution in [0.4, 0.5) is 0 Å². The molecule has 180 valence electrons. The Bertz CT molecular complexity index is 1550. The van der Waals surface area contributed by atoms with E-state index in [0.29, 0.717) is 12.1 Å². The molecule has 0 bridgehead atoms. The number of aromatic nitrogens is 3. The van der Waals surface area contributed by atoms with Crippen LogP contribution in [0.3, 0.4) is 0 Å². The van der Waals surface area contributed by atoms with Gasteiger partial charge in [0.05, 0.1) is 34.4 Å². The number of hydrogen-bond acceptors (Lipinski definition) is 4. The van der Waals surface area contributed by atoms with Gasteiger partial charge in [0, 0.05) is 22.4 Å². The molecule has 0 saturated carbocycles. The van der Waals surface area contributed by atoms with E-state index in [-0.39, 0.29) is 5.91 Å². The summed E-state index contributed by atoms with van der Waals surface area (Å²) in [5.74, 6) is -0.119. The molecule has 0 radical (unpaired) electrons. The molecule has 36 heavy (non-hydrogen) atoms. The Balaban J connectivity index is 1.51. The fourth-order valence-corrected chi connectivity index (χ4v) is 4.70. The monoisotopic (exact) mass is 492 g/mol. The van der Waals surface area contributed by atoms with E-state index in [0.717, 1.165) is 44.7 Å². The van der Waals surface area contributed by atoms with Gasteiger partial charge in [-0.3, -0.25) is 4.79 Å². The van der Waals surface area contributed by atoms with E-state index in [1.807, 2.05) is 49.0 Å². The number of pyridine rings is 1. The van der Waals surface area contributed by atoms with Gasteiger partial charge in [-0.2, -0.15) is 5.10 Å². The van der Waals surface area contributed by atoms with Crippen molar-refractivity contribution in [1.82, 2.24) is 20.1 Å². The number of fused-ring (bicyclic) bond motifs is 1. The summed E-state index contributed by atoms with van der Waals surface area (Å²) < 4.78 is 1.91. The summed E-state index contributed by atoms with van der Waals surface area (Å²) in [6.07, 6.45) is 3.88. The number of aryl methyl sites for hydroxylation is 2. The summed E-state index contributed by atoms with van der Waals surface area (Å²) in [5, 5.41) is 8.57. The average Bonchev–Trinajstić information content (AvgIpc) is 3.28. The van der Waals surface area contributed by atoms with Crippen molar-refractivity contribution in [3.05, 3.63) is 107 Å². The van der Waals surface area contributed by atoms with Crippen LogP contribution in [-0.4, -0.2) is 26.9 Å². The fourth-order valence-electron chi connectivity index (χ4n) is 4.29. The zero-order valence-corrected chi connectivity index (χ0v) is 21.7. The summed E-state index contributed by atoms with van der Waals surface area (Å²) in [5.41, 5.74) is 8.34. The van der Waals surface area contributed by atoms with Crippen molar-refractivity contribution in [2.75, 3.05) is 6.26 Å². The highest BCUT2D eigenvalue weighted by Crippen LogP contribution is 2.29. The van der Waals surface area contributed by atoms with Crippen molar-refractivity contribution in [3.63, 3.8) is 0 Å². The number of carbonyl (C=O) groups excluding carboxylic acids is 1. The van der Waals surface area contributed by atoms with E-state index < -0.39 is 0 Å². The third-order valence-electron chi connectivity index (χ3n) is 6.39. The van der Waals surface area contributed by atoms with Gasteiger partial charge >= 0.3 is 0 Å². The van der Waals surface area contributed by atoms with Crippen LogP contribution >= 0.6 is 11.8 Å². The first-order valence-electron chi connectivity index (χ1n) is 11.9. The number of nitrogens with zero attached hydrogens (tertiary/aromatic N) is 3. The minimum absolute atomic E-state index is 0.119. The maximum Gasteiger partial charge on any atom is 0.252 e. The van der Waals surface area contributed by atoms with Gasteiger partial charge in [-0.05, 0) is 75.1 Å². The summed E-state index contributed by atoms with van der Waals surface area (Å²) in [6, 6.07) is 24.4. The van der Waals surface area contributed by atoms with Crippen molar-refractivity contribution in [1.29, 1.82) is 0 Å². The number of hydrogen-bond donors (Lipinski definition) is 1. The lowest BCUT2D eigenvalue weighted by Gasteiger charge is -2.12. The lowest BCUT2D eigenvalue weighted by Crippen LogP contribution is -2.23. The van der Waals surface area contributed by atoms with Crippen molar-refractivity contribution < 1.29 is 4.79 Å². The highest BCUT2D eigenvalue weighted by molar-refractivity contribution is 7.98. The Kier molecular flexibility index (Phi) is 6.61. The topological polar surface area (TPSA) is 59.8 Å². The third kappa shape index (κ3) is 4.77. The predicted molar refractivity (Wildman–Crippen MR) is 148 cm³/mol. The lowest BCUT2D eigenvalue weighted by atomic mass is 10.0. The number of benzene rings is 3. The number of thioether (sulfide) groups is 1. The number of carbonyl (C=O) groups is 1. The van der Waals surface area contributed by atoms with Crippen molar-refractivity contribution in [3.8, 4) is 16.9 Å². The van der Waals surface area contributed by atoms with Crippen LogP contribution in [0.15, 0.2) is 83.9 Å². The summed E-state index contributed by atoms with van der Waals surface area (Å²) >= 11 is 1.70. The van der Waals surface area contributed by atoms with Crippen LogP contribution in [-0.2, 0) is 6.54 Å². The first-order valence-corrected chi connectivity index (χ1v) is 13.1. The Morgan fingerprint density at radius 2 is 1.64 bits per heavy atom. The molecule has 0 fully saturated rings. The smallest absolute Gasteiger partial charge is 0.252 e. The van der Waals surface area contributed by atoms with Crippen LogP contribution in [0.2, 0.25) is 0 Å². The second-order valence-corrected chi connectivity index (χ2v) is 9.88. The first kappa shape index (κ1) is 23.8. The SMILES string of the molecule is CSc1ccc(CNC(=O)c2cc(-c3cnn(-c4ccc(C)cc4)c3C)nc3ccc(C)cc23)cc1. The highest BCUT2D eigenvalue weighted by Gasteiger charge is 2.17. The Morgan fingerprint density at radius 3 is 2.36 bits per heavy atom. The molecule has 5 nitrogen and oxygen atoms in total. The second-order valence-electron chi connectivity index (χ2n) is 9.00. The minimum atomic E-state index is -0.119. The van der Waals surface area contributed by atoms with E-state index >= 15 is 0 Å². The van der Waals surface area contributed by atoms with E-state index in [2.05, 4.69) is 72.1 Å². The van der Waals surface area contributed by atoms with Gasteiger partial charge < -0.3 is 5.32 Å². The normalized spacial score (nSPS) is 11.1. The molecule has 3 aromatic carbocycles. The van der Waals surface area contributed by atoms with Crippen molar-refractivity contribution in [2.24, 2.45) is 0 Å². The summed E-state index contributed by atoms with van der Waals surface area (Å²) in [7, 11) is 0. The summed E-state index contributed by atoms with van der Waals surface area (Å²) in [4.78, 5) is 19.5. The zero-order chi connectivity index (χ0) is 25.2. The Hall–Kier alpha value is -3.90. The van der Waals surface area contributed by atoms with Gasteiger partial charge in [0.1, 0.15) is 0 Å². The predicted octanol–water partition coefficient (Wildman–Crippen LogP) is 6.66. The van der Waals surface area contributed by atoms with E-state index in [9.17, 15) is 4.79 Å². The first-order chi connectivity index (χ1) is 17.4.